The van der Waals surface area contributed by atoms with Crippen LogP contribution in [-0.4, -0.2) is 37.6 Å². The number of likely N-dealkylation sites (tertiary alicyclic amines) is 1. The molecule has 1 aliphatic rings. The fourth-order valence-corrected chi connectivity index (χ4v) is 3.98. The van der Waals surface area contributed by atoms with E-state index in [1.807, 2.05) is 29.2 Å². The number of hydrogen-bond acceptors (Lipinski definition) is 4. The quantitative estimate of drug-likeness (QED) is 0.734. The molecule has 1 fully saturated rings. The van der Waals surface area contributed by atoms with Crippen LogP contribution in [0.1, 0.15) is 35.4 Å². The van der Waals surface area contributed by atoms with Crippen LogP contribution in [0.15, 0.2) is 36.8 Å². The second-order valence-electron chi connectivity index (χ2n) is 7.25. The molecule has 5 nitrogen and oxygen atoms in total. The van der Waals surface area contributed by atoms with Crippen LogP contribution in [0.5, 0.6) is 0 Å². The molecule has 0 N–H and O–H groups in total. The smallest absolute Gasteiger partial charge is 0.159 e. The molecule has 1 unspecified atom stereocenters. The summed E-state index contributed by atoms with van der Waals surface area (Å²) in [5.41, 5.74) is 5.78. The summed E-state index contributed by atoms with van der Waals surface area (Å²) in [5, 5.41) is 4.53. The molecular formula is C20H25N5. The van der Waals surface area contributed by atoms with Crippen molar-refractivity contribution < 1.29 is 0 Å². The van der Waals surface area contributed by atoms with Crippen LogP contribution in [0.25, 0.3) is 5.65 Å². The van der Waals surface area contributed by atoms with Gasteiger partial charge in [-0.05, 0) is 63.3 Å². The number of aryl methyl sites for hydroxylation is 2. The summed E-state index contributed by atoms with van der Waals surface area (Å²) in [6.45, 7) is 7.36. The number of rotatable bonds is 4. The zero-order chi connectivity index (χ0) is 17.2. The van der Waals surface area contributed by atoms with Gasteiger partial charge in [0.05, 0.1) is 6.20 Å². The summed E-state index contributed by atoms with van der Waals surface area (Å²) in [6, 6.07) is 6.30. The van der Waals surface area contributed by atoms with Crippen molar-refractivity contribution in [3.8, 4) is 0 Å². The summed E-state index contributed by atoms with van der Waals surface area (Å²) in [4.78, 5) is 11.5. The van der Waals surface area contributed by atoms with Crippen molar-refractivity contribution in [2.24, 2.45) is 5.92 Å². The number of hydrogen-bond donors (Lipinski definition) is 0. The highest BCUT2D eigenvalue weighted by molar-refractivity contribution is 5.47. The predicted molar refractivity (Wildman–Crippen MR) is 98.4 cm³/mol. The number of piperidine rings is 1. The zero-order valence-corrected chi connectivity index (χ0v) is 15.0. The number of pyridine rings is 1. The van der Waals surface area contributed by atoms with Gasteiger partial charge in [-0.2, -0.15) is 5.10 Å². The van der Waals surface area contributed by atoms with E-state index in [4.69, 9.17) is 4.98 Å². The van der Waals surface area contributed by atoms with Gasteiger partial charge in [0.2, 0.25) is 0 Å². The predicted octanol–water partition coefficient (Wildman–Crippen LogP) is 3.20. The van der Waals surface area contributed by atoms with Crippen molar-refractivity contribution in [2.75, 3.05) is 13.1 Å². The highest BCUT2D eigenvalue weighted by atomic mass is 15.3. The summed E-state index contributed by atoms with van der Waals surface area (Å²) in [7, 11) is 0. The minimum atomic E-state index is 0.705. The van der Waals surface area contributed by atoms with Crippen LogP contribution in [0.4, 0.5) is 0 Å². The third-order valence-electron chi connectivity index (χ3n) is 5.10. The summed E-state index contributed by atoms with van der Waals surface area (Å²) >= 11 is 0. The topological polar surface area (TPSA) is 46.3 Å². The number of aromatic nitrogens is 4. The Morgan fingerprint density at radius 1 is 1.24 bits per heavy atom. The lowest BCUT2D eigenvalue weighted by molar-refractivity contribution is 0.167. The molecule has 25 heavy (non-hydrogen) atoms. The number of nitrogens with zero attached hydrogens (tertiary/aromatic N) is 5. The molecule has 130 valence electrons. The van der Waals surface area contributed by atoms with Gasteiger partial charge >= 0.3 is 0 Å². The Bertz CT molecular complexity index is 855. The molecule has 0 radical (unpaired) electrons. The molecule has 5 heteroatoms. The first-order valence-corrected chi connectivity index (χ1v) is 9.11. The Kier molecular flexibility index (Phi) is 4.49. The maximum absolute atomic E-state index is 4.71. The SMILES string of the molecule is Cc1cc(C)n2ncc(CN3CCCC(Cc4cccnc4)C3)c2n1. The van der Waals surface area contributed by atoms with Gasteiger partial charge < -0.3 is 0 Å². The first kappa shape index (κ1) is 16.2. The first-order chi connectivity index (χ1) is 12.2. The van der Waals surface area contributed by atoms with E-state index in [-0.39, 0.29) is 0 Å². The standard InChI is InChI=1S/C20H25N5/c1-15-9-16(2)25-20(23-15)19(12-22-25)14-24-8-4-6-18(13-24)10-17-5-3-7-21-11-17/h3,5,7,9,11-12,18H,4,6,8,10,13-14H2,1-2H3. The summed E-state index contributed by atoms with van der Waals surface area (Å²) < 4.78 is 1.96. The van der Waals surface area contributed by atoms with Crippen LogP contribution in [0.3, 0.4) is 0 Å². The third kappa shape index (κ3) is 3.56. The minimum Gasteiger partial charge on any atom is -0.299 e. The van der Waals surface area contributed by atoms with Crippen LogP contribution >= 0.6 is 0 Å². The average molecular weight is 335 g/mol. The van der Waals surface area contributed by atoms with Gasteiger partial charge in [-0.15, -0.1) is 0 Å². The van der Waals surface area contributed by atoms with Crippen LogP contribution in [0, 0.1) is 19.8 Å². The van der Waals surface area contributed by atoms with Gasteiger partial charge in [-0.1, -0.05) is 6.07 Å². The van der Waals surface area contributed by atoms with Crippen LogP contribution in [-0.2, 0) is 13.0 Å². The summed E-state index contributed by atoms with van der Waals surface area (Å²) in [5.74, 6) is 0.705. The molecule has 4 heterocycles. The largest absolute Gasteiger partial charge is 0.299 e. The lowest BCUT2D eigenvalue weighted by Gasteiger charge is -2.32. The average Bonchev–Trinajstić information content (AvgIpc) is 2.99. The van der Waals surface area contributed by atoms with Gasteiger partial charge in [0.25, 0.3) is 0 Å². The Morgan fingerprint density at radius 2 is 2.16 bits per heavy atom. The molecular weight excluding hydrogens is 310 g/mol. The molecule has 0 spiro atoms. The van der Waals surface area contributed by atoms with E-state index < -0.39 is 0 Å². The van der Waals surface area contributed by atoms with Crippen molar-refractivity contribution in [1.82, 2.24) is 24.5 Å². The molecule has 0 aromatic carbocycles. The fourth-order valence-electron chi connectivity index (χ4n) is 3.98. The molecule has 4 rings (SSSR count). The Hall–Kier alpha value is -2.27. The molecule has 3 aromatic rings. The second-order valence-corrected chi connectivity index (χ2v) is 7.25. The Labute approximate surface area is 148 Å². The van der Waals surface area contributed by atoms with Crippen LogP contribution < -0.4 is 0 Å². The van der Waals surface area contributed by atoms with E-state index in [0.717, 1.165) is 43.1 Å². The van der Waals surface area contributed by atoms with E-state index in [0.29, 0.717) is 5.92 Å². The van der Waals surface area contributed by atoms with Gasteiger partial charge in [0.15, 0.2) is 5.65 Å². The molecule has 0 bridgehead atoms. The highest BCUT2D eigenvalue weighted by Crippen LogP contribution is 2.23. The molecule has 0 aliphatic carbocycles. The molecule has 1 saturated heterocycles. The molecule has 1 aliphatic heterocycles. The fraction of sp³-hybridized carbons (Fsp3) is 0.450. The van der Waals surface area contributed by atoms with Crippen LogP contribution in [0.2, 0.25) is 0 Å². The number of fused-ring (bicyclic) bond motifs is 1. The molecule has 0 saturated carbocycles. The zero-order valence-electron chi connectivity index (χ0n) is 15.0. The van der Waals surface area contributed by atoms with Crippen molar-refractivity contribution in [1.29, 1.82) is 0 Å². The van der Waals surface area contributed by atoms with Crippen molar-refractivity contribution in [3.05, 3.63) is 59.3 Å². The van der Waals surface area contributed by atoms with Gasteiger partial charge in [0, 0.05) is 42.4 Å². The van der Waals surface area contributed by atoms with Gasteiger partial charge in [-0.25, -0.2) is 9.50 Å². The highest BCUT2D eigenvalue weighted by Gasteiger charge is 2.21. The van der Waals surface area contributed by atoms with E-state index in [9.17, 15) is 0 Å². The lowest BCUT2D eigenvalue weighted by Crippen LogP contribution is -2.35. The third-order valence-corrected chi connectivity index (χ3v) is 5.10. The summed E-state index contributed by atoms with van der Waals surface area (Å²) in [6.07, 6.45) is 9.51. The maximum atomic E-state index is 4.71. The Morgan fingerprint density at radius 3 is 3.00 bits per heavy atom. The normalized spacial score (nSPS) is 18.7. The first-order valence-electron chi connectivity index (χ1n) is 9.11. The lowest BCUT2D eigenvalue weighted by atomic mass is 9.92. The van der Waals surface area contributed by atoms with Crippen molar-refractivity contribution in [3.63, 3.8) is 0 Å². The molecule has 3 aromatic heterocycles. The van der Waals surface area contributed by atoms with Crippen molar-refractivity contribution in [2.45, 2.75) is 39.7 Å². The monoisotopic (exact) mass is 335 g/mol. The molecule has 1 atom stereocenters. The Balaban J connectivity index is 1.47. The van der Waals surface area contributed by atoms with E-state index in [1.54, 1.807) is 0 Å². The maximum Gasteiger partial charge on any atom is 0.159 e. The second kappa shape index (κ2) is 6.92. The molecule has 0 amide bonds. The van der Waals surface area contributed by atoms with E-state index in [1.165, 1.54) is 24.0 Å². The minimum absolute atomic E-state index is 0.705. The van der Waals surface area contributed by atoms with Gasteiger partial charge in [0.1, 0.15) is 0 Å². The van der Waals surface area contributed by atoms with E-state index >= 15 is 0 Å². The van der Waals surface area contributed by atoms with E-state index in [2.05, 4.69) is 41.0 Å². The van der Waals surface area contributed by atoms with Crippen molar-refractivity contribution >= 4 is 5.65 Å². The van der Waals surface area contributed by atoms with Gasteiger partial charge in [-0.3, -0.25) is 9.88 Å².